The summed E-state index contributed by atoms with van der Waals surface area (Å²) in [4.78, 5) is 4.29. The molecule has 0 bridgehead atoms. The van der Waals surface area contributed by atoms with Gasteiger partial charge < -0.3 is 9.30 Å². The molecule has 0 radical (unpaired) electrons. The van der Waals surface area contributed by atoms with Crippen LogP contribution in [0.1, 0.15) is 22.5 Å². The van der Waals surface area contributed by atoms with Gasteiger partial charge in [0.25, 0.3) is 0 Å². The third-order valence-electron chi connectivity index (χ3n) is 4.28. The molecule has 0 saturated carbocycles. The highest BCUT2D eigenvalue weighted by Gasteiger charge is 2.11. The lowest BCUT2D eigenvalue weighted by atomic mass is 10.0. The fourth-order valence-corrected chi connectivity index (χ4v) is 2.88. The zero-order valence-electron chi connectivity index (χ0n) is 14.1. The van der Waals surface area contributed by atoms with E-state index in [1.54, 1.807) is 7.11 Å². The van der Waals surface area contributed by atoms with Crippen molar-refractivity contribution in [3.05, 3.63) is 71.2 Å². The molecule has 0 saturated heterocycles. The second kappa shape index (κ2) is 6.29. The third kappa shape index (κ3) is 3.14. The summed E-state index contributed by atoms with van der Waals surface area (Å²) >= 11 is 0. The summed E-state index contributed by atoms with van der Waals surface area (Å²) in [5, 5.41) is 0. The van der Waals surface area contributed by atoms with Crippen LogP contribution in [0.2, 0.25) is 0 Å². The van der Waals surface area contributed by atoms with Crippen molar-refractivity contribution in [3.63, 3.8) is 0 Å². The van der Waals surface area contributed by atoms with E-state index in [9.17, 15) is 0 Å². The maximum atomic E-state index is 5.12. The number of hydrogen-bond donors (Lipinski definition) is 0. The summed E-state index contributed by atoms with van der Waals surface area (Å²) in [7, 11) is 1.64. The smallest absolute Gasteiger partial charge is 0.212 e. The van der Waals surface area contributed by atoms with Crippen molar-refractivity contribution in [2.45, 2.75) is 27.3 Å². The summed E-state index contributed by atoms with van der Waals surface area (Å²) in [5.74, 6) is 0.648. The highest BCUT2D eigenvalue weighted by Crippen LogP contribution is 2.27. The van der Waals surface area contributed by atoms with E-state index in [1.807, 2.05) is 12.3 Å². The zero-order chi connectivity index (χ0) is 16.4. The second-order valence-electron chi connectivity index (χ2n) is 5.95. The van der Waals surface area contributed by atoms with E-state index in [4.69, 9.17) is 4.74 Å². The molecule has 0 fully saturated rings. The number of benzene rings is 1. The molecule has 23 heavy (non-hydrogen) atoms. The van der Waals surface area contributed by atoms with Crippen molar-refractivity contribution >= 4 is 0 Å². The lowest BCUT2D eigenvalue weighted by Gasteiger charge is -2.10. The van der Waals surface area contributed by atoms with E-state index in [1.165, 1.54) is 33.6 Å². The molecule has 3 nitrogen and oxygen atoms in total. The van der Waals surface area contributed by atoms with Gasteiger partial charge in [-0.25, -0.2) is 4.98 Å². The van der Waals surface area contributed by atoms with Crippen LogP contribution in [0.15, 0.2) is 48.7 Å². The molecule has 2 aromatic heterocycles. The van der Waals surface area contributed by atoms with Crippen LogP contribution in [0.3, 0.4) is 0 Å². The van der Waals surface area contributed by atoms with Crippen molar-refractivity contribution < 1.29 is 4.74 Å². The number of ether oxygens (including phenoxy) is 1. The minimum Gasteiger partial charge on any atom is -0.481 e. The van der Waals surface area contributed by atoms with Crippen LogP contribution in [0, 0.1) is 20.8 Å². The van der Waals surface area contributed by atoms with E-state index in [0.29, 0.717) is 5.88 Å². The molecule has 3 aromatic rings. The van der Waals surface area contributed by atoms with E-state index in [0.717, 1.165) is 6.54 Å². The highest BCUT2D eigenvalue weighted by atomic mass is 16.5. The van der Waals surface area contributed by atoms with Gasteiger partial charge in [-0.1, -0.05) is 35.9 Å². The molecule has 1 aromatic carbocycles. The normalized spacial score (nSPS) is 10.8. The van der Waals surface area contributed by atoms with Gasteiger partial charge in [0.2, 0.25) is 5.88 Å². The Morgan fingerprint density at radius 2 is 1.74 bits per heavy atom. The Labute approximate surface area is 137 Å². The molecule has 3 rings (SSSR count). The lowest BCUT2D eigenvalue weighted by Crippen LogP contribution is -2.04. The Bertz CT molecular complexity index is 799. The monoisotopic (exact) mass is 306 g/mol. The largest absolute Gasteiger partial charge is 0.481 e. The summed E-state index contributed by atoms with van der Waals surface area (Å²) < 4.78 is 7.45. The first-order valence-electron chi connectivity index (χ1n) is 7.81. The lowest BCUT2D eigenvalue weighted by molar-refractivity contribution is 0.397. The van der Waals surface area contributed by atoms with Gasteiger partial charge in [0.15, 0.2) is 0 Å². The number of hydrogen-bond acceptors (Lipinski definition) is 2. The van der Waals surface area contributed by atoms with Crippen molar-refractivity contribution in [2.24, 2.45) is 0 Å². The van der Waals surface area contributed by atoms with Crippen LogP contribution in [0.5, 0.6) is 5.88 Å². The summed E-state index contributed by atoms with van der Waals surface area (Å²) in [6.45, 7) is 7.27. The first kappa shape index (κ1) is 15.3. The van der Waals surface area contributed by atoms with Gasteiger partial charge in [-0.05, 0) is 38.0 Å². The molecule has 0 amide bonds. The molecule has 0 aliphatic heterocycles. The van der Waals surface area contributed by atoms with E-state index >= 15 is 0 Å². The van der Waals surface area contributed by atoms with Crippen molar-refractivity contribution in [3.8, 4) is 17.0 Å². The van der Waals surface area contributed by atoms with Gasteiger partial charge in [-0.2, -0.15) is 0 Å². The van der Waals surface area contributed by atoms with Gasteiger partial charge in [0, 0.05) is 35.8 Å². The quantitative estimate of drug-likeness (QED) is 0.708. The second-order valence-corrected chi connectivity index (χ2v) is 5.95. The van der Waals surface area contributed by atoms with Crippen LogP contribution in [-0.2, 0) is 6.54 Å². The van der Waals surface area contributed by atoms with E-state index in [2.05, 4.69) is 66.7 Å². The van der Waals surface area contributed by atoms with Crippen LogP contribution < -0.4 is 4.74 Å². The maximum absolute atomic E-state index is 5.12. The Morgan fingerprint density at radius 3 is 2.35 bits per heavy atom. The number of aryl methyl sites for hydroxylation is 2. The average Bonchev–Trinajstić information content (AvgIpc) is 2.84. The van der Waals surface area contributed by atoms with E-state index in [-0.39, 0.29) is 0 Å². The molecule has 118 valence electrons. The predicted molar refractivity (Wildman–Crippen MR) is 94.0 cm³/mol. The Morgan fingerprint density at radius 1 is 1.00 bits per heavy atom. The number of pyridine rings is 1. The van der Waals surface area contributed by atoms with Gasteiger partial charge in [-0.15, -0.1) is 0 Å². The molecule has 2 heterocycles. The van der Waals surface area contributed by atoms with Gasteiger partial charge >= 0.3 is 0 Å². The third-order valence-corrected chi connectivity index (χ3v) is 4.28. The van der Waals surface area contributed by atoms with Crippen molar-refractivity contribution in [2.75, 3.05) is 7.11 Å². The molecule has 0 aliphatic carbocycles. The first-order valence-corrected chi connectivity index (χ1v) is 7.81. The predicted octanol–water partition coefficient (Wildman–Crippen LogP) is 4.53. The summed E-state index contributed by atoms with van der Waals surface area (Å²) in [6, 6.07) is 14.9. The zero-order valence-corrected chi connectivity index (χ0v) is 14.1. The summed E-state index contributed by atoms with van der Waals surface area (Å²) in [5.41, 5.74) is 7.55. The number of nitrogens with zero attached hydrogens (tertiary/aromatic N) is 2. The van der Waals surface area contributed by atoms with Gasteiger partial charge in [-0.3, -0.25) is 0 Å². The van der Waals surface area contributed by atoms with Crippen molar-refractivity contribution in [1.82, 2.24) is 9.55 Å². The van der Waals surface area contributed by atoms with Crippen LogP contribution in [0.25, 0.3) is 11.1 Å². The standard InChI is InChI=1S/C20H22N2O/c1-14-5-8-18(9-6-14)19-11-15(2)22(16(19)3)13-17-7-10-20(23-4)21-12-17/h5-12H,13H2,1-4H3. The van der Waals surface area contributed by atoms with Crippen LogP contribution in [-0.4, -0.2) is 16.7 Å². The van der Waals surface area contributed by atoms with Crippen LogP contribution >= 0.6 is 0 Å². The first-order chi connectivity index (χ1) is 11.1. The summed E-state index contributed by atoms with van der Waals surface area (Å²) in [6.07, 6.45) is 1.88. The molecule has 0 N–H and O–H groups in total. The fraction of sp³-hybridized carbons (Fsp3) is 0.250. The highest BCUT2D eigenvalue weighted by molar-refractivity contribution is 5.67. The molecule has 0 unspecified atom stereocenters. The number of aromatic nitrogens is 2. The number of rotatable bonds is 4. The molecule has 0 atom stereocenters. The maximum Gasteiger partial charge on any atom is 0.212 e. The Balaban J connectivity index is 1.92. The Hall–Kier alpha value is -2.55. The van der Waals surface area contributed by atoms with E-state index < -0.39 is 0 Å². The van der Waals surface area contributed by atoms with Gasteiger partial charge in [0.1, 0.15) is 0 Å². The minimum atomic E-state index is 0.648. The molecular formula is C20H22N2O. The topological polar surface area (TPSA) is 27.1 Å². The average molecular weight is 306 g/mol. The molecule has 0 aliphatic rings. The molecule has 3 heteroatoms. The molecular weight excluding hydrogens is 284 g/mol. The number of methoxy groups -OCH3 is 1. The van der Waals surface area contributed by atoms with Crippen LogP contribution in [0.4, 0.5) is 0 Å². The SMILES string of the molecule is COc1ccc(Cn2c(C)cc(-c3ccc(C)cc3)c2C)cn1. The Kier molecular flexibility index (Phi) is 4.20. The van der Waals surface area contributed by atoms with Gasteiger partial charge in [0.05, 0.1) is 7.11 Å². The van der Waals surface area contributed by atoms with Crippen molar-refractivity contribution in [1.29, 1.82) is 0 Å². The minimum absolute atomic E-state index is 0.648. The fourth-order valence-electron chi connectivity index (χ4n) is 2.88. The molecule has 0 spiro atoms.